The standard InChI is InChI=1S/C10H19F3.C10H17F3/c2*1-2-3-4-5-6-7-8-9-10(11,12)13/h2-9H2,1H3;8-9H,2-7H2,1H3. The molecule has 0 N–H and O–H groups in total. The maximum absolute atomic E-state index is 11.7. The van der Waals surface area contributed by atoms with Crippen LogP contribution < -0.4 is 0 Å². The van der Waals surface area contributed by atoms with E-state index in [1.54, 1.807) is 0 Å². The van der Waals surface area contributed by atoms with Crippen molar-refractivity contribution in [2.24, 2.45) is 0 Å². The van der Waals surface area contributed by atoms with Crippen molar-refractivity contribution in [1.82, 2.24) is 0 Å². The second-order valence-corrected chi connectivity index (χ2v) is 6.63. The van der Waals surface area contributed by atoms with Crippen LogP contribution >= 0.6 is 0 Å². The molecule has 0 bridgehead atoms. The third kappa shape index (κ3) is 31.1. The van der Waals surface area contributed by atoms with Crippen molar-refractivity contribution < 1.29 is 26.3 Å². The van der Waals surface area contributed by atoms with E-state index in [2.05, 4.69) is 13.8 Å². The van der Waals surface area contributed by atoms with E-state index in [1.165, 1.54) is 38.2 Å². The average Bonchev–Trinajstić information content (AvgIpc) is 2.52. The van der Waals surface area contributed by atoms with E-state index in [9.17, 15) is 26.3 Å². The van der Waals surface area contributed by atoms with Gasteiger partial charge in [-0.1, -0.05) is 84.1 Å². The fourth-order valence-electron chi connectivity index (χ4n) is 2.37. The second kappa shape index (κ2) is 17.7. The van der Waals surface area contributed by atoms with Gasteiger partial charge >= 0.3 is 12.4 Å². The summed E-state index contributed by atoms with van der Waals surface area (Å²) in [6, 6.07) is 0. The summed E-state index contributed by atoms with van der Waals surface area (Å²) in [4.78, 5) is 0. The fourth-order valence-corrected chi connectivity index (χ4v) is 2.37. The zero-order valence-electron chi connectivity index (χ0n) is 16.3. The van der Waals surface area contributed by atoms with Crippen LogP contribution in [0.5, 0.6) is 0 Å². The van der Waals surface area contributed by atoms with Gasteiger partial charge in [-0.05, 0) is 19.3 Å². The number of allylic oxidation sites excluding steroid dienone is 2. The summed E-state index contributed by atoms with van der Waals surface area (Å²) < 4.78 is 69.9. The summed E-state index contributed by atoms with van der Waals surface area (Å²) in [5.74, 6) is 0. The number of rotatable bonds is 13. The van der Waals surface area contributed by atoms with E-state index in [1.807, 2.05) is 0 Å². The van der Waals surface area contributed by atoms with Gasteiger partial charge < -0.3 is 0 Å². The Morgan fingerprint density at radius 2 is 1.00 bits per heavy atom. The molecule has 0 aliphatic carbocycles. The molecule has 26 heavy (non-hydrogen) atoms. The molecule has 0 fully saturated rings. The molecule has 0 spiro atoms. The lowest BCUT2D eigenvalue weighted by Gasteiger charge is -2.05. The van der Waals surface area contributed by atoms with Gasteiger partial charge in [-0.15, -0.1) is 0 Å². The minimum Gasteiger partial charge on any atom is -0.171 e. The zero-order valence-corrected chi connectivity index (χ0v) is 16.3. The number of alkyl halides is 6. The summed E-state index contributed by atoms with van der Waals surface area (Å²) in [5.41, 5.74) is 0. The fraction of sp³-hybridized carbons (Fsp3) is 0.900. The van der Waals surface area contributed by atoms with Crippen molar-refractivity contribution in [3.8, 4) is 0 Å². The van der Waals surface area contributed by atoms with Gasteiger partial charge in [0, 0.05) is 12.5 Å². The Morgan fingerprint density at radius 1 is 0.577 bits per heavy atom. The molecule has 0 saturated carbocycles. The highest BCUT2D eigenvalue weighted by Gasteiger charge is 2.25. The third-order valence-corrected chi connectivity index (χ3v) is 3.84. The van der Waals surface area contributed by atoms with Crippen molar-refractivity contribution in [1.29, 1.82) is 0 Å². The number of hydrogen-bond acceptors (Lipinski definition) is 0. The van der Waals surface area contributed by atoms with Crippen LogP contribution in [0.2, 0.25) is 0 Å². The summed E-state index contributed by atoms with van der Waals surface area (Å²) in [5, 5.41) is 0. The summed E-state index contributed by atoms with van der Waals surface area (Å²) in [6.45, 7) is 4.24. The predicted octanol–water partition coefficient (Wildman–Crippen LogP) is 9.15. The Bertz CT molecular complexity index is 304. The number of hydrogen-bond donors (Lipinski definition) is 0. The van der Waals surface area contributed by atoms with Crippen LogP contribution in [-0.2, 0) is 0 Å². The molecule has 6 heteroatoms. The zero-order chi connectivity index (χ0) is 20.3. The molecule has 0 aromatic carbocycles. The second-order valence-electron chi connectivity index (χ2n) is 6.63. The molecule has 0 aromatic heterocycles. The Labute approximate surface area is 155 Å². The molecule has 0 nitrogen and oxygen atoms in total. The summed E-state index contributed by atoms with van der Waals surface area (Å²) >= 11 is 0. The normalized spacial score (nSPS) is 12.3. The SMILES string of the molecule is CCCCCCCC=CC(F)(F)F.CCCCCCCCCC(F)(F)F. The summed E-state index contributed by atoms with van der Waals surface area (Å²) in [7, 11) is 0. The Morgan fingerprint density at radius 3 is 1.42 bits per heavy atom. The monoisotopic (exact) mass is 390 g/mol. The van der Waals surface area contributed by atoms with Crippen molar-refractivity contribution in [2.45, 2.75) is 116 Å². The summed E-state index contributed by atoms with van der Waals surface area (Å²) in [6.07, 6.45) is 5.40. The van der Waals surface area contributed by atoms with Crippen LogP contribution in [0.25, 0.3) is 0 Å². The van der Waals surface area contributed by atoms with Crippen LogP contribution in [0.3, 0.4) is 0 Å². The molecule has 0 heterocycles. The molecular formula is C20H36F6. The van der Waals surface area contributed by atoms with Crippen molar-refractivity contribution in [3.05, 3.63) is 12.2 Å². The highest BCUT2D eigenvalue weighted by atomic mass is 19.4. The van der Waals surface area contributed by atoms with Crippen molar-refractivity contribution in [3.63, 3.8) is 0 Å². The molecule has 0 aliphatic rings. The minimum absolute atomic E-state index is 0.301. The van der Waals surface area contributed by atoms with Gasteiger partial charge in [0.05, 0.1) is 0 Å². The highest BCUT2D eigenvalue weighted by Crippen LogP contribution is 2.23. The van der Waals surface area contributed by atoms with Crippen molar-refractivity contribution >= 4 is 0 Å². The van der Waals surface area contributed by atoms with Crippen LogP contribution in [-0.4, -0.2) is 12.4 Å². The lowest BCUT2D eigenvalue weighted by atomic mass is 10.1. The first-order chi connectivity index (χ1) is 12.1. The molecule has 0 amide bonds. The minimum atomic E-state index is -4.14. The van der Waals surface area contributed by atoms with Gasteiger partial charge in [-0.25, -0.2) is 0 Å². The van der Waals surface area contributed by atoms with Crippen LogP contribution in [0.1, 0.15) is 104 Å². The number of halogens is 6. The van der Waals surface area contributed by atoms with Crippen molar-refractivity contribution in [2.75, 3.05) is 0 Å². The highest BCUT2D eigenvalue weighted by molar-refractivity contribution is 4.88. The molecule has 0 saturated heterocycles. The van der Waals surface area contributed by atoms with Gasteiger partial charge in [0.2, 0.25) is 0 Å². The predicted molar refractivity (Wildman–Crippen MR) is 97.2 cm³/mol. The average molecular weight is 390 g/mol. The van der Waals surface area contributed by atoms with E-state index in [0.717, 1.165) is 38.5 Å². The molecule has 0 unspecified atom stereocenters. The Balaban J connectivity index is 0. The molecule has 158 valence electrons. The smallest absolute Gasteiger partial charge is 0.171 e. The van der Waals surface area contributed by atoms with Gasteiger partial charge in [-0.3, -0.25) is 0 Å². The Hall–Kier alpha value is -0.680. The molecular weight excluding hydrogens is 354 g/mol. The van der Waals surface area contributed by atoms with E-state index in [4.69, 9.17) is 0 Å². The molecule has 0 aliphatic heterocycles. The van der Waals surface area contributed by atoms with E-state index >= 15 is 0 Å². The van der Waals surface area contributed by atoms with Crippen LogP contribution in [0, 0.1) is 0 Å². The maximum Gasteiger partial charge on any atom is 0.409 e. The first-order valence-electron chi connectivity index (χ1n) is 9.93. The quantitative estimate of drug-likeness (QED) is 0.167. The van der Waals surface area contributed by atoms with Gasteiger partial charge in [0.25, 0.3) is 0 Å². The largest absolute Gasteiger partial charge is 0.409 e. The van der Waals surface area contributed by atoms with E-state index in [0.29, 0.717) is 18.9 Å². The lowest BCUT2D eigenvalue weighted by molar-refractivity contribution is -0.135. The maximum atomic E-state index is 11.7. The molecule has 0 radical (unpaired) electrons. The first-order valence-corrected chi connectivity index (χ1v) is 9.93. The molecule has 0 atom stereocenters. The lowest BCUT2D eigenvalue weighted by Crippen LogP contribution is -2.06. The van der Waals surface area contributed by atoms with Gasteiger partial charge in [0.1, 0.15) is 0 Å². The van der Waals surface area contributed by atoms with Gasteiger partial charge in [-0.2, -0.15) is 26.3 Å². The third-order valence-electron chi connectivity index (χ3n) is 3.84. The Kier molecular flexibility index (Phi) is 18.8. The molecule has 0 rings (SSSR count). The van der Waals surface area contributed by atoms with Crippen LogP contribution in [0.4, 0.5) is 26.3 Å². The first kappa shape index (κ1) is 27.5. The molecule has 0 aromatic rings. The number of unbranched alkanes of at least 4 members (excludes halogenated alkanes) is 11. The van der Waals surface area contributed by atoms with E-state index in [-0.39, 0.29) is 0 Å². The van der Waals surface area contributed by atoms with Gasteiger partial charge in [0.15, 0.2) is 0 Å². The van der Waals surface area contributed by atoms with E-state index < -0.39 is 18.8 Å². The van der Waals surface area contributed by atoms with Crippen LogP contribution in [0.15, 0.2) is 12.2 Å². The topological polar surface area (TPSA) is 0 Å².